The number of halogens is 1. The summed E-state index contributed by atoms with van der Waals surface area (Å²) in [5.41, 5.74) is 1.22. The fourth-order valence-corrected chi connectivity index (χ4v) is 3.37. The molecule has 0 bridgehead atoms. The molecule has 0 atom stereocenters. The summed E-state index contributed by atoms with van der Waals surface area (Å²) < 4.78 is 5.33. The van der Waals surface area contributed by atoms with Crippen molar-refractivity contribution in [2.75, 3.05) is 50.7 Å². The van der Waals surface area contributed by atoms with Crippen LogP contribution >= 0.6 is 24.0 Å². The lowest BCUT2D eigenvalue weighted by atomic mass is 10.2. The van der Waals surface area contributed by atoms with Crippen molar-refractivity contribution >= 4 is 41.5 Å². The molecule has 0 radical (unpaired) electrons. The molecule has 3 rings (SSSR count). The quantitative estimate of drug-likeness (QED) is 0.315. The minimum absolute atomic E-state index is 0. The summed E-state index contributed by atoms with van der Waals surface area (Å²) in [6.45, 7) is 7.31. The Kier molecular flexibility index (Phi) is 10.5. The molecular weight excluding hydrogens is 493 g/mol. The van der Waals surface area contributed by atoms with E-state index < -0.39 is 0 Å². The van der Waals surface area contributed by atoms with Gasteiger partial charge in [0.2, 0.25) is 5.91 Å². The maximum atomic E-state index is 12.5. The molecule has 0 unspecified atom stereocenters. The molecule has 2 heterocycles. The standard InChI is InChI=1S/C22H31N5O2.HI/c1-2-23-22(24-12-10-20-9-6-18-29-20)25-13-11-21(28)27-16-14-26(15-17-27)19-7-4-3-5-8-19;/h3-9,18H,2,10-17H2,1H3,(H2,23,24,25);1H. The third-order valence-electron chi connectivity index (χ3n) is 4.94. The van der Waals surface area contributed by atoms with Crippen molar-refractivity contribution in [3.63, 3.8) is 0 Å². The minimum atomic E-state index is 0. The first kappa shape index (κ1) is 24.0. The van der Waals surface area contributed by atoms with Crippen molar-refractivity contribution < 1.29 is 9.21 Å². The second-order valence-corrected chi connectivity index (χ2v) is 6.97. The number of nitrogens with zero attached hydrogens (tertiary/aromatic N) is 3. The first-order valence-electron chi connectivity index (χ1n) is 10.4. The molecular formula is C22H32IN5O2. The molecule has 2 aromatic rings. The molecule has 1 fully saturated rings. The van der Waals surface area contributed by atoms with Crippen LogP contribution in [0.3, 0.4) is 0 Å². The number of benzene rings is 1. The van der Waals surface area contributed by atoms with Crippen molar-refractivity contribution in [1.82, 2.24) is 15.5 Å². The van der Waals surface area contributed by atoms with E-state index in [4.69, 9.17) is 4.42 Å². The van der Waals surface area contributed by atoms with Crippen LogP contribution in [0.25, 0.3) is 0 Å². The van der Waals surface area contributed by atoms with Crippen molar-refractivity contribution in [2.45, 2.75) is 19.8 Å². The van der Waals surface area contributed by atoms with E-state index in [1.54, 1.807) is 6.26 Å². The molecule has 8 heteroatoms. The summed E-state index contributed by atoms with van der Waals surface area (Å²) >= 11 is 0. The number of rotatable bonds is 8. The van der Waals surface area contributed by atoms with Gasteiger partial charge in [-0.1, -0.05) is 18.2 Å². The van der Waals surface area contributed by atoms with Crippen molar-refractivity contribution in [3.05, 3.63) is 54.5 Å². The summed E-state index contributed by atoms with van der Waals surface area (Å²) in [4.78, 5) is 21.4. The largest absolute Gasteiger partial charge is 0.469 e. The highest BCUT2D eigenvalue weighted by Crippen LogP contribution is 2.15. The highest BCUT2D eigenvalue weighted by Gasteiger charge is 2.20. The van der Waals surface area contributed by atoms with Crippen LogP contribution in [0.1, 0.15) is 19.1 Å². The normalized spacial score (nSPS) is 14.2. The van der Waals surface area contributed by atoms with Crippen LogP contribution in [0.4, 0.5) is 5.69 Å². The molecule has 0 spiro atoms. The molecule has 0 aliphatic carbocycles. The SMILES string of the molecule is CCNC(=NCCc1ccco1)NCCC(=O)N1CCN(c2ccccc2)CC1.I. The summed E-state index contributed by atoms with van der Waals surface area (Å²) in [7, 11) is 0. The second-order valence-electron chi connectivity index (χ2n) is 6.97. The van der Waals surface area contributed by atoms with Crippen LogP contribution in [0.15, 0.2) is 58.1 Å². The maximum Gasteiger partial charge on any atom is 0.224 e. The molecule has 1 aliphatic rings. The maximum absolute atomic E-state index is 12.5. The smallest absolute Gasteiger partial charge is 0.224 e. The number of guanidine groups is 1. The van der Waals surface area contributed by atoms with Crippen LogP contribution in [0, 0.1) is 0 Å². The number of furan rings is 1. The number of amides is 1. The average Bonchev–Trinajstić information content (AvgIpc) is 3.28. The fourth-order valence-electron chi connectivity index (χ4n) is 3.37. The van der Waals surface area contributed by atoms with E-state index in [9.17, 15) is 4.79 Å². The Morgan fingerprint density at radius 2 is 1.83 bits per heavy atom. The number of hydrogen-bond acceptors (Lipinski definition) is 4. The molecule has 1 amide bonds. The fraction of sp³-hybridized carbons (Fsp3) is 0.455. The van der Waals surface area contributed by atoms with Crippen LogP contribution < -0.4 is 15.5 Å². The minimum Gasteiger partial charge on any atom is -0.469 e. The van der Waals surface area contributed by atoms with Gasteiger partial charge in [0.15, 0.2) is 5.96 Å². The zero-order chi connectivity index (χ0) is 20.3. The van der Waals surface area contributed by atoms with Gasteiger partial charge in [-0.3, -0.25) is 9.79 Å². The van der Waals surface area contributed by atoms with E-state index >= 15 is 0 Å². The average molecular weight is 525 g/mol. The zero-order valence-electron chi connectivity index (χ0n) is 17.5. The molecule has 164 valence electrons. The second kappa shape index (κ2) is 13.1. The van der Waals surface area contributed by atoms with E-state index in [1.807, 2.05) is 30.0 Å². The van der Waals surface area contributed by atoms with E-state index in [0.29, 0.717) is 19.5 Å². The Labute approximate surface area is 195 Å². The number of carbonyl (C=O) groups excluding carboxylic acids is 1. The van der Waals surface area contributed by atoms with E-state index in [-0.39, 0.29) is 29.9 Å². The lowest BCUT2D eigenvalue weighted by molar-refractivity contribution is -0.131. The Morgan fingerprint density at radius 1 is 1.07 bits per heavy atom. The van der Waals surface area contributed by atoms with Crippen LogP contribution in [0.2, 0.25) is 0 Å². The highest BCUT2D eigenvalue weighted by atomic mass is 127. The van der Waals surface area contributed by atoms with Gasteiger partial charge < -0.3 is 24.9 Å². The predicted octanol–water partition coefficient (Wildman–Crippen LogP) is 2.73. The van der Waals surface area contributed by atoms with Gasteiger partial charge in [-0.2, -0.15) is 0 Å². The summed E-state index contributed by atoms with van der Waals surface area (Å²) in [5.74, 6) is 1.85. The lowest BCUT2D eigenvalue weighted by Gasteiger charge is -2.36. The number of piperazine rings is 1. The third kappa shape index (κ3) is 7.55. The number of hydrogen-bond donors (Lipinski definition) is 2. The summed E-state index contributed by atoms with van der Waals surface area (Å²) in [6, 6.07) is 14.2. The van der Waals surface area contributed by atoms with Gasteiger partial charge in [0, 0.05) is 64.3 Å². The van der Waals surface area contributed by atoms with Crippen molar-refractivity contribution in [2.24, 2.45) is 4.99 Å². The molecule has 1 saturated heterocycles. The molecule has 7 nitrogen and oxygen atoms in total. The van der Waals surface area contributed by atoms with Gasteiger partial charge in [0.25, 0.3) is 0 Å². The first-order chi connectivity index (χ1) is 14.3. The zero-order valence-corrected chi connectivity index (χ0v) is 19.9. The number of aliphatic imine (C=N–C) groups is 1. The number of anilines is 1. The molecule has 1 aliphatic heterocycles. The van der Waals surface area contributed by atoms with Crippen molar-refractivity contribution in [1.29, 1.82) is 0 Å². The van der Waals surface area contributed by atoms with Crippen LogP contribution in [0.5, 0.6) is 0 Å². The van der Waals surface area contributed by atoms with E-state index in [1.165, 1.54) is 5.69 Å². The number of para-hydroxylation sites is 1. The van der Waals surface area contributed by atoms with E-state index in [0.717, 1.165) is 50.9 Å². The molecule has 30 heavy (non-hydrogen) atoms. The van der Waals surface area contributed by atoms with Gasteiger partial charge in [0.1, 0.15) is 5.76 Å². The third-order valence-corrected chi connectivity index (χ3v) is 4.94. The highest BCUT2D eigenvalue weighted by molar-refractivity contribution is 14.0. The van der Waals surface area contributed by atoms with Gasteiger partial charge in [-0.15, -0.1) is 24.0 Å². The van der Waals surface area contributed by atoms with Gasteiger partial charge in [0.05, 0.1) is 6.26 Å². The molecule has 1 aromatic heterocycles. The molecule has 1 aromatic carbocycles. The van der Waals surface area contributed by atoms with Crippen LogP contribution in [-0.4, -0.2) is 62.6 Å². The Morgan fingerprint density at radius 3 is 2.50 bits per heavy atom. The predicted molar refractivity (Wildman–Crippen MR) is 132 cm³/mol. The van der Waals surface area contributed by atoms with Gasteiger partial charge >= 0.3 is 0 Å². The Balaban J connectivity index is 0.00000320. The summed E-state index contributed by atoms with van der Waals surface area (Å²) in [5, 5.41) is 6.47. The first-order valence-corrected chi connectivity index (χ1v) is 10.4. The van der Waals surface area contributed by atoms with Gasteiger partial charge in [-0.05, 0) is 31.2 Å². The van der Waals surface area contributed by atoms with E-state index in [2.05, 4.69) is 44.8 Å². The topological polar surface area (TPSA) is 73.1 Å². The Hall–Kier alpha value is -2.23. The number of nitrogens with one attached hydrogen (secondary N) is 2. The Bertz CT molecular complexity index is 759. The monoisotopic (exact) mass is 525 g/mol. The van der Waals surface area contributed by atoms with Gasteiger partial charge in [-0.25, -0.2) is 0 Å². The lowest BCUT2D eigenvalue weighted by Crippen LogP contribution is -2.49. The number of carbonyl (C=O) groups is 1. The molecule has 0 saturated carbocycles. The molecule has 2 N–H and O–H groups in total. The van der Waals surface area contributed by atoms with Crippen molar-refractivity contribution in [3.8, 4) is 0 Å². The van der Waals surface area contributed by atoms with Crippen LogP contribution in [-0.2, 0) is 11.2 Å². The summed E-state index contributed by atoms with van der Waals surface area (Å²) in [6.07, 6.45) is 2.90.